The number of carbonyl (C=O) groups excluding carboxylic acids is 1. The van der Waals surface area contributed by atoms with Crippen molar-refractivity contribution in [3.8, 4) is 5.75 Å². The molecular formula is C18H13F4N3O2. The number of carbonyl (C=O) groups is 1. The Hall–Kier alpha value is -3.36. The van der Waals surface area contributed by atoms with Crippen LogP contribution in [0.2, 0.25) is 0 Å². The van der Waals surface area contributed by atoms with Crippen molar-refractivity contribution in [1.82, 2.24) is 9.78 Å². The molecule has 27 heavy (non-hydrogen) atoms. The number of anilines is 1. The molecule has 3 rings (SSSR count). The van der Waals surface area contributed by atoms with Gasteiger partial charge in [0, 0.05) is 18.0 Å². The number of aromatic nitrogens is 2. The highest BCUT2D eigenvalue weighted by Crippen LogP contribution is 2.26. The van der Waals surface area contributed by atoms with Crippen molar-refractivity contribution >= 4 is 11.6 Å². The van der Waals surface area contributed by atoms with Crippen LogP contribution < -0.4 is 10.1 Å². The SMILES string of the molecule is Cc1cccc(NC(=O)c2ccn(COc3c(F)c(F)cc(F)c3F)n2)c1. The summed E-state index contributed by atoms with van der Waals surface area (Å²) in [6.07, 6.45) is 1.32. The molecule has 1 heterocycles. The lowest BCUT2D eigenvalue weighted by molar-refractivity contribution is 0.102. The molecule has 0 aliphatic heterocycles. The van der Waals surface area contributed by atoms with Crippen molar-refractivity contribution in [3.05, 3.63) is 77.1 Å². The van der Waals surface area contributed by atoms with Crippen molar-refractivity contribution in [2.24, 2.45) is 0 Å². The Labute approximate surface area is 151 Å². The van der Waals surface area contributed by atoms with Crippen LogP contribution in [0.4, 0.5) is 23.2 Å². The maximum Gasteiger partial charge on any atom is 0.276 e. The van der Waals surface area contributed by atoms with E-state index in [-0.39, 0.29) is 11.8 Å². The van der Waals surface area contributed by atoms with Crippen LogP contribution in [0.25, 0.3) is 0 Å². The summed E-state index contributed by atoms with van der Waals surface area (Å²) in [4.78, 5) is 12.2. The van der Waals surface area contributed by atoms with Crippen LogP contribution in [0.5, 0.6) is 5.75 Å². The molecule has 0 saturated carbocycles. The molecule has 2 aromatic carbocycles. The van der Waals surface area contributed by atoms with Gasteiger partial charge in [-0.25, -0.2) is 13.5 Å². The van der Waals surface area contributed by atoms with Crippen LogP contribution in [-0.4, -0.2) is 15.7 Å². The summed E-state index contributed by atoms with van der Waals surface area (Å²) in [7, 11) is 0. The predicted octanol–water partition coefficient (Wildman–Crippen LogP) is 4.04. The number of benzene rings is 2. The van der Waals surface area contributed by atoms with Crippen molar-refractivity contribution in [1.29, 1.82) is 0 Å². The Morgan fingerprint density at radius 2 is 1.81 bits per heavy atom. The summed E-state index contributed by atoms with van der Waals surface area (Å²) in [5.74, 6) is -8.18. The van der Waals surface area contributed by atoms with E-state index in [4.69, 9.17) is 4.74 Å². The molecule has 0 radical (unpaired) electrons. The summed E-state index contributed by atoms with van der Waals surface area (Å²) in [5.41, 5.74) is 1.55. The zero-order valence-corrected chi connectivity index (χ0v) is 14.0. The van der Waals surface area contributed by atoms with Gasteiger partial charge in [0.05, 0.1) is 0 Å². The third-order valence-electron chi connectivity index (χ3n) is 3.56. The van der Waals surface area contributed by atoms with E-state index in [9.17, 15) is 22.4 Å². The lowest BCUT2D eigenvalue weighted by Crippen LogP contribution is -2.14. The molecule has 0 fully saturated rings. The Balaban J connectivity index is 1.69. The van der Waals surface area contributed by atoms with Gasteiger partial charge in [-0.1, -0.05) is 12.1 Å². The first-order chi connectivity index (χ1) is 12.8. The molecule has 0 bridgehead atoms. The average molecular weight is 379 g/mol. The number of halogens is 4. The first-order valence-electron chi connectivity index (χ1n) is 7.72. The van der Waals surface area contributed by atoms with Crippen LogP contribution in [-0.2, 0) is 6.73 Å². The van der Waals surface area contributed by atoms with Crippen LogP contribution in [0, 0.1) is 30.2 Å². The van der Waals surface area contributed by atoms with Crippen LogP contribution in [0.3, 0.4) is 0 Å². The van der Waals surface area contributed by atoms with Gasteiger partial charge in [-0.3, -0.25) is 4.79 Å². The van der Waals surface area contributed by atoms with E-state index in [0.717, 1.165) is 10.2 Å². The van der Waals surface area contributed by atoms with Crippen molar-refractivity contribution in [2.75, 3.05) is 5.32 Å². The summed E-state index contributed by atoms with van der Waals surface area (Å²) < 4.78 is 59.2. The quantitative estimate of drug-likeness (QED) is 0.538. The summed E-state index contributed by atoms with van der Waals surface area (Å²) in [6.45, 7) is 1.31. The Kier molecular flexibility index (Phi) is 5.11. The third kappa shape index (κ3) is 4.08. The number of amides is 1. The molecule has 9 heteroatoms. The molecule has 0 aliphatic carbocycles. The number of aryl methyl sites for hydroxylation is 1. The number of rotatable bonds is 5. The molecular weight excluding hydrogens is 366 g/mol. The van der Waals surface area contributed by atoms with Gasteiger partial charge in [0.1, 0.15) is 0 Å². The summed E-state index contributed by atoms with van der Waals surface area (Å²) in [6, 6.07) is 8.55. The van der Waals surface area contributed by atoms with Gasteiger partial charge in [0.2, 0.25) is 11.6 Å². The van der Waals surface area contributed by atoms with E-state index >= 15 is 0 Å². The average Bonchev–Trinajstić information content (AvgIpc) is 3.09. The lowest BCUT2D eigenvalue weighted by atomic mass is 10.2. The highest BCUT2D eigenvalue weighted by Gasteiger charge is 2.21. The van der Waals surface area contributed by atoms with E-state index in [1.54, 1.807) is 18.2 Å². The van der Waals surface area contributed by atoms with E-state index in [0.29, 0.717) is 5.69 Å². The smallest absolute Gasteiger partial charge is 0.276 e. The minimum absolute atomic E-state index is 0.0199. The van der Waals surface area contributed by atoms with Crippen molar-refractivity contribution in [2.45, 2.75) is 13.7 Å². The molecule has 3 aromatic rings. The third-order valence-corrected chi connectivity index (χ3v) is 3.56. The Morgan fingerprint density at radius 3 is 2.48 bits per heavy atom. The normalized spacial score (nSPS) is 10.7. The molecule has 1 N–H and O–H groups in total. The van der Waals surface area contributed by atoms with Gasteiger partial charge < -0.3 is 10.1 Å². The lowest BCUT2D eigenvalue weighted by Gasteiger charge is -2.09. The fourth-order valence-corrected chi connectivity index (χ4v) is 2.28. The van der Waals surface area contributed by atoms with Gasteiger partial charge in [-0.15, -0.1) is 0 Å². The number of hydrogen-bond donors (Lipinski definition) is 1. The fourth-order valence-electron chi connectivity index (χ4n) is 2.28. The molecule has 0 aliphatic rings. The minimum atomic E-state index is -1.65. The van der Waals surface area contributed by atoms with Crippen LogP contribution in [0.1, 0.15) is 16.1 Å². The second-order valence-corrected chi connectivity index (χ2v) is 5.63. The molecule has 0 saturated heterocycles. The number of nitrogens with zero attached hydrogens (tertiary/aromatic N) is 2. The summed E-state index contributed by atoms with van der Waals surface area (Å²) >= 11 is 0. The zero-order chi connectivity index (χ0) is 19.6. The Morgan fingerprint density at radius 1 is 1.11 bits per heavy atom. The largest absolute Gasteiger partial charge is 0.465 e. The minimum Gasteiger partial charge on any atom is -0.465 e. The van der Waals surface area contributed by atoms with Crippen LogP contribution >= 0.6 is 0 Å². The van der Waals surface area contributed by atoms with Gasteiger partial charge >= 0.3 is 0 Å². The van der Waals surface area contributed by atoms with Crippen LogP contribution in [0.15, 0.2) is 42.6 Å². The van der Waals surface area contributed by atoms with E-state index < -0.39 is 41.7 Å². The van der Waals surface area contributed by atoms with Gasteiger partial charge in [0.25, 0.3) is 5.91 Å². The topological polar surface area (TPSA) is 56.2 Å². The predicted molar refractivity (Wildman–Crippen MR) is 88.3 cm³/mol. The van der Waals surface area contributed by atoms with E-state index in [1.807, 2.05) is 13.0 Å². The summed E-state index contributed by atoms with van der Waals surface area (Å²) in [5, 5.41) is 6.54. The molecule has 0 unspecified atom stereocenters. The standard InChI is InChI=1S/C18H13F4N3O2/c1-10-3-2-4-11(7-10)23-18(26)14-5-6-25(24-14)9-27-17-15(21)12(19)8-13(20)16(17)22/h2-8H,9H2,1H3,(H,23,26). The maximum absolute atomic E-state index is 13.6. The van der Waals surface area contributed by atoms with Gasteiger partial charge in [-0.05, 0) is 30.7 Å². The van der Waals surface area contributed by atoms with Gasteiger partial charge in [0.15, 0.2) is 29.8 Å². The first kappa shape index (κ1) is 18.4. The molecule has 5 nitrogen and oxygen atoms in total. The molecule has 1 aromatic heterocycles. The van der Waals surface area contributed by atoms with E-state index in [1.165, 1.54) is 12.3 Å². The fraction of sp³-hybridized carbons (Fsp3) is 0.111. The van der Waals surface area contributed by atoms with Gasteiger partial charge in [-0.2, -0.15) is 13.9 Å². The number of ether oxygens (including phenoxy) is 1. The molecule has 0 atom stereocenters. The van der Waals surface area contributed by atoms with Crippen molar-refractivity contribution < 1.29 is 27.1 Å². The maximum atomic E-state index is 13.6. The van der Waals surface area contributed by atoms with E-state index in [2.05, 4.69) is 10.4 Å². The molecule has 140 valence electrons. The molecule has 1 amide bonds. The number of nitrogens with one attached hydrogen (secondary N) is 1. The molecule has 0 spiro atoms. The zero-order valence-electron chi connectivity index (χ0n) is 14.0. The first-order valence-corrected chi connectivity index (χ1v) is 7.72. The van der Waals surface area contributed by atoms with Crippen molar-refractivity contribution in [3.63, 3.8) is 0 Å². The Bertz CT molecular complexity index is 978. The highest BCUT2D eigenvalue weighted by molar-refractivity contribution is 6.02. The highest BCUT2D eigenvalue weighted by atomic mass is 19.2. The number of hydrogen-bond acceptors (Lipinski definition) is 3. The monoisotopic (exact) mass is 379 g/mol. The second-order valence-electron chi connectivity index (χ2n) is 5.63. The second kappa shape index (κ2) is 7.48.